The number of ketones is 3. The number of amides is 4. The van der Waals surface area contributed by atoms with Gasteiger partial charge in [0.2, 0.25) is 23.6 Å². The summed E-state index contributed by atoms with van der Waals surface area (Å²) >= 11 is 0. The van der Waals surface area contributed by atoms with Crippen LogP contribution in [0.15, 0.2) is 164 Å². The van der Waals surface area contributed by atoms with Crippen molar-refractivity contribution in [2.24, 2.45) is 11.8 Å². The summed E-state index contributed by atoms with van der Waals surface area (Å²) < 4.78 is 12.0. The molecule has 0 saturated carbocycles. The van der Waals surface area contributed by atoms with E-state index in [0.717, 1.165) is 30.4 Å². The molecule has 0 aliphatic heterocycles. The Labute approximate surface area is 513 Å². The van der Waals surface area contributed by atoms with Crippen molar-refractivity contribution in [3.8, 4) is 16.9 Å². The highest BCUT2D eigenvalue weighted by molar-refractivity contribution is 6.00. The number of carboxylic acids is 1. The van der Waals surface area contributed by atoms with Crippen LogP contribution in [0.25, 0.3) is 11.1 Å². The van der Waals surface area contributed by atoms with Crippen molar-refractivity contribution in [1.82, 2.24) is 20.9 Å². The Hall–Kier alpha value is -8.56. The van der Waals surface area contributed by atoms with E-state index in [1.807, 2.05) is 145 Å². The van der Waals surface area contributed by atoms with Gasteiger partial charge in [-0.25, -0.2) is 4.79 Å². The van der Waals surface area contributed by atoms with Crippen LogP contribution in [0.2, 0.25) is 0 Å². The molecule has 0 radical (unpaired) electrons. The number of nitrogens with one attached hydrogen (secondary N) is 3. The molecule has 6 rings (SSSR count). The lowest BCUT2D eigenvalue weighted by atomic mass is 9.77. The number of ether oxygens (including phenoxy) is 2. The summed E-state index contributed by atoms with van der Waals surface area (Å²) in [6.07, 6.45) is 1.39. The van der Waals surface area contributed by atoms with Crippen LogP contribution in [-0.4, -0.2) is 99.9 Å². The van der Waals surface area contributed by atoms with Gasteiger partial charge in [0.25, 0.3) is 0 Å². The molecule has 87 heavy (non-hydrogen) atoms. The molecule has 0 aromatic heterocycles. The number of nitrogens with zero attached hydrogens (tertiary/aromatic N) is 1. The van der Waals surface area contributed by atoms with Crippen molar-refractivity contribution in [2.45, 2.75) is 155 Å². The number of benzene rings is 6. The molecule has 5 atom stereocenters. The van der Waals surface area contributed by atoms with Gasteiger partial charge in [-0.1, -0.05) is 172 Å². The zero-order chi connectivity index (χ0) is 63.5. The third-order valence-electron chi connectivity index (χ3n) is 15.2. The highest BCUT2D eigenvalue weighted by atomic mass is 16.5. The third-order valence-corrected chi connectivity index (χ3v) is 15.2. The van der Waals surface area contributed by atoms with Crippen LogP contribution in [0.3, 0.4) is 0 Å². The minimum Gasteiger partial charge on any atom is -0.488 e. The van der Waals surface area contributed by atoms with E-state index in [1.165, 1.54) is 31.4 Å². The van der Waals surface area contributed by atoms with Gasteiger partial charge in [0.15, 0.2) is 17.3 Å². The number of aliphatic carboxylic acids is 1. The van der Waals surface area contributed by atoms with Crippen molar-refractivity contribution in [1.29, 1.82) is 0 Å². The van der Waals surface area contributed by atoms with Crippen LogP contribution < -0.4 is 20.7 Å². The fourth-order valence-electron chi connectivity index (χ4n) is 10.2. The third kappa shape index (κ3) is 20.0. The summed E-state index contributed by atoms with van der Waals surface area (Å²) in [5.41, 5.74) is 4.11. The number of unbranched alkanes of at least 4 members (excludes halogenated alkanes) is 1. The fourth-order valence-corrected chi connectivity index (χ4v) is 10.2. The van der Waals surface area contributed by atoms with Gasteiger partial charge < -0.3 is 35.4 Å². The lowest BCUT2D eigenvalue weighted by Crippen LogP contribution is -2.51. The first-order valence-electron chi connectivity index (χ1n) is 30.0. The number of carbonyl (C=O) groups is 8. The summed E-state index contributed by atoms with van der Waals surface area (Å²) in [5, 5.41) is 18.8. The van der Waals surface area contributed by atoms with Crippen molar-refractivity contribution in [3.05, 3.63) is 197 Å². The zero-order valence-corrected chi connectivity index (χ0v) is 52.0. The minimum atomic E-state index is -1.69. The molecule has 0 heterocycles. The van der Waals surface area contributed by atoms with E-state index in [-0.39, 0.29) is 38.1 Å². The van der Waals surface area contributed by atoms with Gasteiger partial charge in [0.1, 0.15) is 22.9 Å². The molecule has 0 unspecified atom stereocenters. The lowest BCUT2D eigenvalue weighted by Gasteiger charge is -2.37. The lowest BCUT2D eigenvalue weighted by molar-refractivity contribution is -0.144. The Balaban J connectivity index is 1.11. The number of likely N-dealkylation sites (N-methyl/N-ethyl adjacent to an activating group) is 1. The second kappa shape index (κ2) is 31.2. The van der Waals surface area contributed by atoms with Gasteiger partial charge >= 0.3 is 5.97 Å². The largest absolute Gasteiger partial charge is 0.488 e. The summed E-state index contributed by atoms with van der Waals surface area (Å²) in [4.78, 5) is 112. The highest BCUT2D eigenvalue weighted by Gasteiger charge is 2.40. The molecule has 0 fully saturated rings. The molecule has 6 aromatic rings. The van der Waals surface area contributed by atoms with E-state index in [9.17, 15) is 43.5 Å². The number of aryl methyl sites for hydroxylation is 1. The number of hydrogen-bond donors (Lipinski definition) is 4. The van der Waals surface area contributed by atoms with Gasteiger partial charge in [-0.15, -0.1) is 0 Å². The van der Waals surface area contributed by atoms with Gasteiger partial charge in [0, 0.05) is 44.2 Å². The van der Waals surface area contributed by atoms with E-state index in [0.29, 0.717) is 33.6 Å². The number of carboxylic acid groups (broad SMARTS) is 1. The van der Waals surface area contributed by atoms with Crippen LogP contribution >= 0.6 is 0 Å². The van der Waals surface area contributed by atoms with Crippen LogP contribution in [0.1, 0.15) is 145 Å². The second-order valence-electron chi connectivity index (χ2n) is 24.5. The monoisotopic (exact) mass is 1180 g/mol. The molecular weight excluding hydrogens is 1100 g/mol. The summed E-state index contributed by atoms with van der Waals surface area (Å²) in [6, 6.07) is 46.6. The van der Waals surface area contributed by atoms with Crippen LogP contribution in [-0.2, 0) is 56.7 Å². The van der Waals surface area contributed by atoms with E-state index in [1.54, 1.807) is 36.4 Å². The number of hydrogen-bond acceptors (Lipinski definition) is 10. The maximum atomic E-state index is 14.5. The molecule has 460 valence electrons. The highest BCUT2D eigenvalue weighted by Crippen LogP contribution is 2.37. The van der Waals surface area contributed by atoms with Gasteiger partial charge in [-0.05, 0) is 119 Å². The predicted molar refractivity (Wildman–Crippen MR) is 338 cm³/mol. The molecule has 15 nitrogen and oxygen atoms in total. The molecule has 0 saturated heterocycles. The van der Waals surface area contributed by atoms with Crippen LogP contribution in [0, 0.1) is 11.8 Å². The Morgan fingerprint density at radius 2 is 1.09 bits per heavy atom. The Morgan fingerprint density at radius 1 is 0.575 bits per heavy atom. The van der Waals surface area contributed by atoms with Gasteiger partial charge in [-0.3, -0.25) is 33.6 Å². The van der Waals surface area contributed by atoms with Gasteiger partial charge in [-0.2, -0.15) is 0 Å². The molecule has 4 amide bonds. The van der Waals surface area contributed by atoms with Crippen molar-refractivity contribution in [2.75, 3.05) is 13.7 Å². The van der Waals surface area contributed by atoms with Crippen LogP contribution in [0.5, 0.6) is 5.75 Å². The first-order chi connectivity index (χ1) is 41.3. The molecular formula is C72H86N4O11. The predicted octanol–water partition coefficient (Wildman–Crippen LogP) is 11.5. The maximum Gasteiger partial charge on any atom is 0.326 e. The topological polar surface area (TPSA) is 215 Å². The number of carbonyl (C=O) groups excluding carboxylic acids is 7. The molecule has 0 bridgehead atoms. The summed E-state index contributed by atoms with van der Waals surface area (Å²) in [5.74, 6) is -6.77. The molecule has 6 aromatic carbocycles. The summed E-state index contributed by atoms with van der Waals surface area (Å²) in [7, 11) is 1.44. The van der Waals surface area contributed by atoms with E-state index >= 15 is 0 Å². The van der Waals surface area contributed by atoms with Crippen LogP contribution in [0.4, 0.5) is 0 Å². The minimum absolute atomic E-state index is 0.0173. The SMILES string of the molecule is CCCCc1ccc(-c2ccc(C(=O)C[C@H](COC(C)(C)C)C(=O)N[C@H](C)C(=O)CCC(=O)N(C)[C@@H](Cc3ccc(OC(C)(C)C)cc3)C(=O)C[C@@H](C)C(=O)N[C@@H](CC(=O)NC(c3ccccc3)(c3ccccc3)c3ccccc3)C(=O)O)cc2)cc1. The van der Waals surface area contributed by atoms with E-state index < -0.39 is 101 Å². The molecule has 4 N–H and O–H groups in total. The van der Waals surface area contributed by atoms with Crippen molar-refractivity contribution >= 4 is 46.9 Å². The second-order valence-corrected chi connectivity index (χ2v) is 24.5. The molecule has 0 spiro atoms. The zero-order valence-electron chi connectivity index (χ0n) is 52.0. The van der Waals surface area contributed by atoms with E-state index in [2.05, 4.69) is 47.1 Å². The standard InChI is InChI=1S/C72H86N4O11/c1-11-12-22-50-29-33-52(34-30-50)53-35-37-54(38-36-53)63(78)45-55(47-86-70(4,5)6)68(83)73-49(3)62(77)41-42-66(81)76(10)61(44-51-31-39-59(40-32-51)87-71(7,8)9)64(79)43-48(2)67(82)74-60(69(84)85)46-65(80)75-72(56-23-16-13-17-24-56,57-25-18-14-19-26-57)58-27-20-15-21-28-58/h13-21,23-40,48-49,55,60-61H,11-12,22,41-47H2,1-10H3,(H,73,83)(H,74,82)(H,75,80)(H,84,85)/t48-,49-,55-,60+,61+/m1/s1. The Kier molecular flexibility index (Phi) is 24.2. The molecule has 15 heteroatoms. The Morgan fingerprint density at radius 3 is 1.59 bits per heavy atom. The molecule has 0 aliphatic carbocycles. The summed E-state index contributed by atoms with van der Waals surface area (Å²) in [6.45, 7) is 16.3. The quantitative estimate of drug-likeness (QED) is 0.0237. The number of rotatable bonds is 31. The van der Waals surface area contributed by atoms with E-state index in [4.69, 9.17) is 9.47 Å². The van der Waals surface area contributed by atoms with Gasteiger partial charge in [0.05, 0.1) is 36.6 Å². The fraction of sp³-hybridized carbons (Fsp3) is 0.389. The van der Waals surface area contributed by atoms with Crippen molar-refractivity contribution < 1.29 is 52.9 Å². The van der Waals surface area contributed by atoms with Crippen molar-refractivity contribution in [3.63, 3.8) is 0 Å². The molecule has 0 aliphatic rings. The first kappa shape index (κ1) is 67.6. The first-order valence-corrected chi connectivity index (χ1v) is 30.0. The number of Topliss-reactive ketones (excluding diaryl/α,β-unsaturated/α-hetero) is 3. The normalized spacial score (nSPS) is 13.4. The average Bonchev–Trinajstić information content (AvgIpc) is 0.978. The maximum absolute atomic E-state index is 14.5. The smallest absolute Gasteiger partial charge is 0.326 e. The average molecular weight is 1180 g/mol. The Bertz CT molecular complexity index is 3170.